The molecule has 0 fully saturated rings. The van der Waals surface area contributed by atoms with E-state index in [9.17, 15) is 19.8 Å². The van der Waals surface area contributed by atoms with Crippen molar-refractivity contribution in [3.63, 3.8) is 0 Å². The van der Waals surface area contributed by atoms with Gasteiger partial charge in [0.05, 0.1) is 25.8 Å². The minimum absolute atomic E-state index is 0.0630. The van der Waals surface area contributed by atoms with Gasteiger partial charge in [-0.1, -0.05) is 18.2 Å². The molecule has 0 aromatic heterocycles. The van der Waals surface area contributed by atoms with E-state index in [0.717, 1.165) is 5.56 Å². The molecule has 2 aromatic rings. The Morgan fingerprint density at radius 3 is 2.28 bits per heavy atom. The first-order valence-corrected chi connectivity index (χ1v) is 9.12. The molecule has 152 valence electrons. The van der Waals surface area contributed by atoms with E-state index < -0.39 is 17.7 Å². The molecule has 0 bridgehead atoms. The number of benzene rings is 2. The highest BCUT2D eigenvalue weighted by molar-refractivity contribution is 6.08. The Morgan fingerprint density at radius 1 is 1.03 bits per heavy atom. The van der Waals surface area contributed by atoms with Crippen LogP contribution >= 0.6 is 0 Å². The fraction of sp³-hybridized carbons (Fsp3) is 0.273. The molecular formula is C22H23NO6. The number of amides is 1. The predicted octanol–water partition coefficient (Wildman–Crippen LogP) is 2.94. The number of aliphatic hydroxyl groups excluding tert-OH is 1. The molecule has 0 spiro atoms. The molecule has 0 saturated heterocycles. The number of aromatic hydroxyl groups is 1. The number of ketones is 1. The number of carbonyl (C=O) groups excluding carboxylic acids is 2. The zero-order valence-electron chi connectivity index (χ0n) is 16.5. The molecule has 0 unspecified atom stereocenters. The maximum atomic E-state index is 12.7. The third-order valence-corrected chi connectivity index (χ3v) is 4.98. The third kappa shape index (κ3) is 3.89. The molecule has 29 heavy (non-hydrogen) atoms. The molecule has 1 aliphatic heterocycles. The van der Waals surface area contributed by atoms with Crippen LogP contribution in [-0.4, -0.2) is 47.6 Å². The molecule has 2 aromatic carbocycles. The standard InChI is InChI=1S/C22H23NO6/c1-13(24)19-20(15-5-7-16(25)8-6-15)23(22(27)21(19)26)11-10-14-4-9-17(28-2)18(12-14)29-3/h4-9,12,20,25-26H,10-11H2,1-3H3/t20-/m1/s1. The first-order valence-electron chi connectivity index (χ1n) is 9.12. The van der Waals surface area contributed by atoms with E-state index in [1.165, 1.54) is 24.0 Å². The van der Waals surface area contributed by atoms with Crippen LogP contribution in [0.3, 0.4) is 0 Å². The highest BCUT2D eigenvalue weighted by atomic mass is 16.5. The van der Waals surface area contributed by atoms with Crippen molar-refractivity contribution >= 4 is 11.7 Å². The second-order valence-corrected chi connectivity index (χ2v) is 6.75. The maximum Gasteiger partial charge on any atom is 0.290 e. The Labute approximate surface area is 168 Å². The average molecular weight is 397 g/mol. The fourth-order valence-electron chi connectivity index (χ4n) is 3.53. The van der Waals surface area contributed by atoms with E-state index in [2.05, 4.69) is 0 Å². The number of Topliss-reactive ketones (excluding diaryl/α,β-unsaturated/α-hetero) is 1. The van der Waals surface area contributed by atoms with Crippen molar-refractivity contribution < 1.29 is 29.3 Å². The third-order valence-electron chi connectivity index (χ3n) is 4.98. The maximum absolute atomic E-state index is 12.7. The van der Waals surface area contributed by atoms with Crippen LogP contribution in [0.4, 0.5) is 0 Å². The molecule has 1 amide bonds. The number of hydrogen-bond donors (Lipinski definition) is 2. The van der Waals surface area contributed by atoms with Crippen LogP contribution in [0, 0.1) is 0 Å². The van der Waals surface area contributed by atoms with E-state index in [-0.39, 0.29) is 23.7 Å². The topological polar surface area (TPSA) is 96.3 Å². The number of ether oxygens (including phenoxy) is 2. The van der Waals surface area contributed by atoms with Gasteiger partial charge in [0.25, 0.3) is 5.91 Å². The molecular weight excluding hydrogens is 374 g/mol. The zero-order chi connectivity index (χ0) is 21.1. The summed E-state index contributed by atoms with van der Waals surface area (Å²) in [6.45, 7) is 1.60. The molecule has 2 N–H and O–H groups in total. The summed E-state index contributed by atoms with van der Waals surface area (Å²) in [5.74, 6) is -0.224. The Morgan fingerprint density at radius 2 is 1.69 bits per heavy atom. The molecule has 1 aliphatic rings. The van der Waals surface area contributed by atoms with Gasteiger partial charge in [0.15, 0.2) is 23.0 Å². The summed E-state index contributed by atoms with van der Waals surface area (Å²) in [4.78, 5) is 26.3. The van der Waals surface area contributed by atoms with Crippen LogP contribution in [0.2, 0.25) is 0 Å². The number of methoxy groups -OCH3 is 2. The lowest BCUT2D eigenvalue weighted by molar-refractivity contribution is -0.129. The van der Waals surface area contributed by atoms with Gasteiger partial charge < -0.3 is 24.6 Å². The van der Waals surface area contributed by atoms with Crippen LogP contribution in [0.5, 0.6) is 17.2 Å². The van der Waals surface area contributed by atoms with Gasteiger partial charge in [0, 0.05) is 6.54 Å². The Bertz CT molecular complexity index is 964. The Kier molecular flexibility index (Phi) is 5.77. The van der Waals surface area contributed by atoms with E-state index in [4.69, 9.17) is 9.47 Å². The molecule has 1 heterocycles. The molecule has 7 nitrogen and oxygen atoms in total. The van der Waals surface area contributed by atoms with Crippen molar-refractivity contribution in [1.82, 2.24) is 4.90 Å². The van der Waals surface area contributed by atoms with Crippen molar-refractivity contribution in [2.75, 3.05) is 20.8 Å². The first kappa shape index (κ1) is 20.3. The van der Waals surface area contributed by atoms with Crippen LogP contribution in [0.1, 0.15) is 24.1 Å². The van der Waals surface area contributed by atoms with E-state index in [0.29, 0.717) is 23.5 Å². The van der Waals surface area contributed by atoms with Crippen LogP contribution in [0.25, 0.3) is 0 Å². The van der Waals surface area contributed by atoms with Gasteiger partial charge in [-0.25, -0.2) is 0 Å². The number of carbonyl (C=O) groups is 2. The van der Waals surface area contributed by atoms with Crippen LogP contribution in [0.15, 0.2) is 53.8 Å². The number of nitrogens with zero attached hydrogens (tertiary/aromatic N) is 1. The van der Waals surface area contributed by atoms with Crippen LogP contribution in [-0.2, 0) is 16.0 Å². The van der Waals surface area contributed by atoms with E-state index in [1.807, 2.05) is 12.1 Å². The van der Waals surface area contributed by atoms with E-state index >= 15 is 0 Å². The van der Waals surface area contributed by atoms with Gasteiger partial charge in [-0.05, 0) is 48.7 Å². The summed E-state index contributed by atoms with van der Waals surface area (Å²) in [6, 6.07) is 11.0. The second-order valence-electron chi connectivity index (χ2n) is 6.75. The smallest absolute Gasteiger partial charge is 0.290 e. The zero-order valence-corrected chi connectivity index (χ0v) is 16.5. The minimum atomic E-state index is -0.708. The molecule has 0 saturated carbocycles. The lowest BCUT2D eigenvalue weighted by atomic mass is 9.96. The summed E-state index contributed by atoms with van der Waals surface area (Å²) in [6.07, 6.45) is 0.485. The molecule has 3 rings (SSSR count). The van der Waals surface area contributed by atoms with Crippen molar-refractivity contribution in [3.8, 4) is 17.2 Å². The average Bonchev–Trinajstić information content (AvgIpc) is 2.97. The molecule has 1 atom stereocenters. The Balaban J connectivity index is 1.89. The van der Waals surface area contributed by atoms with Gasteiger partial charge >= 0.3 is 0 Å². The van der Waals surface area contributed by atoms with Gasteiger partial charge in [0.2, 0.25) is 0 Å². The number of phenols is 1. The summed E-state index contributed by atoms with van der Waals surface area (Å²) in [5, 5.41) is 19.9. The van der Waals surface area contributed by atoms with Gasteiger partial charge in [-0.3, -0.25) is 9.59 Å². The SMILES string of the molecule is COc1ccc(CCN2C(=O)C(O)=C(C(C)=O)[C@H]2c2ccc(O)cc2)cc1OC. The highest BCUT2D eigenvalue weighted by Crippen LogP contribution is 2.38. The largest absolute Gasteiger partial charge is 0.508 e. The number of aliphatic hydroxyl groups is 1. The van der Waals surface area contributed by atoms with Gasteiger partial charge in [-0.15, -0.1) is 0 Å². The molecule has 0 aliphatic carbocycles. The normalized spacial score (nSPS) is 16.3. The number of rotatable bonds is 7. The monoisotopic (exact) mass is 397 g/mol. The lowest BCUT2D eigenvalue weighted by Gasteiger charge is -2.26. The van der Waals surface area contributed by atoms with E-state index in [1.54, 1.807) is 32.4 Å². The first-order chi connectivity index (χ1) is 13.9. The number of hydrogen-bond acceptors (Lipinski definition) is 6. The van der Waals surface area contributed by atoms with Crippen LogP contribution < -0.4 is 9.47 Å². The fourth-order valence-corrected chi connectivity index (χ4v) is 3.53. The summed E-state index contributed by atoms with van der Waals surface area (Å²) in [5.41, 5.74) is 1.61. The number of phenolic OH excluding ortho intramolecular Hbond substituents is 1. The minimum Gasteiger partial charge on any atom is -0.508 e. The Hall–Kier alpha value is -3.48. The van der Waals surface area contributed by atoms with Gasteiger partial charge in [-0.2, -0.15) is 0 Å². The second kappa shape index (κ2) is 8.26. The predicted molar refractivity (Wildman–Crippen MR) is 106 cm³/mol. The van der Waals surface area contributed by atoms with Gasteiger partial charge in [0.1, 0.15) is 5.75 Å². The van der Waals surface area contributed by atoms with Crippen molar-refractivity contribution in [2.24, 2.45) is 0 Å². The van der Waals surface area contributed by atoms with Crippen molar-refractivity contribution in [2.45, 2.75) is 19.4 Å². The van der Waals surface area contributed by atoms with Crippen molar-refractivity contribution in [1.29, 1.82) is 0 Å². The highest BCUT2D eigenvalue weighted by Gasteiger charge is 2.42. The summed E-state index contributed by atoms with van der Waals surface area (Å²) >= 11 is 0. The molecule has 7 heteroatoms. The summed E-state index contributed by atoms with van der Waals surface area (Å²) < 4.78 is 10.6. The molecule has 0 radical (unpaired) electrons. The lowest BCUT2D eigenvalue weighted by Crippen LogP contribution is -2.32. The van der Waals surface area contributed by atoms with Crippen molar-refractivity contribution in [3.05, 3.63) is 64.9 Å². The quantitative estimate of drug-likeness (QED) is 0.746. The summed E-state index contributed by atoms with van der Waals surface area (Å²) in [7, 11) is 3.11.